The summed E-state index contributed by atoms with van der Waals surface area (Å²) in [7, 11) is 0. The summed E-state index contributed by atoms with van der Waals surface area (Å²) in [6, 6.07) is 10.4. The van der Waals surface area contributed by atoms with E-state index in [1.165, 1.54) is 0 Å². The van der Waals surface area contributed by atoms with Crippen LogP contribution in [0.1, 0.15) is 128 Å². The summed E-state index contributed by atoms with van der Waals surface area (Å²) in [5.74, 6) is 0.405. The van der Waals surface area contributed by atoms with Crippen molar-refractivity contribution in [3.8, 4) is 22.9 Å². The second-order valence-electron chi connectivity index (χ2n) is 17.9. The van der Waals surface area contributed by atoms with Crippen molar-refractivity contribution in [3.63, 3.8) is 0 Å². The molecule has 4 aromatic rings. The van der Waals surface area contributed by atoms with Gasteiger partial charge < -0.3 is 15.3 Å². The van der Waals surface area contributed by atoms with Gasteiger partial charge in [-0.1, -0.05) is 95.2 Å². The zero-order valence-electron chi connectivity index (χ0n) is 32.3. The Morgan fingerprint density at radius 1 is 0.460 bits per heavy atom. The number of aryl methyl sites for hydroxylation is 2. The Labute approximate surface area is 295 Å². The zero-order chi connectivity index (χ0) is 38.0. The molecule has 0 aliphatic carbocycles. The Bertz CT molecular complexity index is 2010. The molecule has 1 heterocycles. The second kappa shape index (κ2) is 12.7. The fourth-order valence-corrected chi connectivity index (χ4v) is 6.42. The molecule has 50 heavy (non-hydrogen) atoms. The molecule has 0 atom stereocenters. The standard InChI is InChI=1S/C41H55N3O6/c1-23-15-25(17-28(32(23)45)38(3,4)5)21-42-35(48)43(22-26-16-24(2)33(46)29(18-26)39(6,7)8)37(50)44(36(42)49)27-19-30(40(9,10)11)34(47)31(20-27)41(12,13)14/h15-20,45-47H,21-22H2,1-14H3. The second-order valence-corrected chi connectivity index (χ2v) is 17.9. The van der Waals surface area contributed by atoms with E-state index in [1.54, 1.807) is 50.2 Å². The maximum absolute atomic E-state index is 14.5. The zero-order valence-corrected chi connectivity index (χ0v) is 32.3. The number of phenolic OH excluding ortho intramolecular Hbond substituents is 3. The molecule has 0 amide bonds. The smallest absolute Gasteiger partial charge is 0.341 e. The summed E-state index contributed by atoms with van der Waals surface area (Å²) in [5.41, 5.74) is 0.796. The highest BCUT2D eigenvalue weighted by Gasteiger charge is 2.29. The summed E-state index contributed by atoms with van der Waals surface area (Å²) < 4.78 is 3.12. The van der Waals surface area contributed by atoms with Crippen LogP contribution in [0.3, 0.4) is 0 Å². The van der Waals surface area contributed by atoms with Crippen molar-refractivity contribution < 1.29 is 15.3 Å². The van der Waals surface area contributed by atoms with Gasteiger partial charge in [0, 0.05) is 11.1 Å². The van der Waals surface area contributed by atoms with Crippen molar-refractivity contribution in [3.05, 3.63) is 112 Å². The van der Waals surface area contributed by atoms with Crippen LogP contribution in [0.4, 0.5) is 0 Å². The van der Waals surface area contributed by atoms with Crippen LogP contribution >= 0.6 is 0 Å². The van der Waals surface area contributed by atoms with E-state index >= 15 is 0 Å². The molecular weight excluding hydrogens is 630 g/mol. The highest BCUT2D eigenvalue weighted by atomic mass is 16.3. The molecule has 0 spiro atoms. The van der Waals surface area contributed by atoms with Crippen LogP contribution in [0.5, 0.6) is 17.2 Å². The number of hydrogen-bond donors (Lipinski definition) is 3. The first-order valence-corrected chi connectivity index (χ1v) is 17.2. The molecule has 0 saturated carbocycles. The van der Waals surface area contributed by atoms with Gasteiger partial charge in [0.1, 0.15) is 17.2 Å². The lowest BCUT2D eigenvalue weighted by molar-refractivity contribution is 0.422. The fraction of sp³-hybridized carbons (Fsp3) is 0.488. The molecule has 4 rings (SSSR count). The topological polar surface area (TPSA) is 127 Å². The first-order valence-electron chi connectivity index (χ1n) is 17.2. The number of phenols is 3. The fourth-order valence-electron chi connectivity index (χ4n) is 6.42. The monoisotopic (exact) mass is 685 g/mol. The van der Waals surface area contributed by atoms with E-state index in [0.717, 1.165) is 13.7 Å². The van der Waals surface area contributed by atoms with Gasteiger partial charge in [0.25, 0.3) is 0 Å². The van der Waals surface area contributed by atoms with Crippen LogP contribution in [0.2, 0.25) is 0 Å². The highest BCUT2D eigenvalue weighted by molar-refractivity contribution is 5.54. The van der Waals surface area contributed by atoms with E-state index in [0.29, 0.717) is 44.5 Å². The molecule has 3 N–H and O–H groups in total. The molecule has 0 aliphatic rings. The van der Waals surface area contributed by atoms with Crippen LogP contribution in [-0.2, 0) is 34.7 Å². The molecule has 0 fully saturated rings. The number of aromatic hydroxyl groups is 3. The Morgan fingerprint density at radius 3 is 1.06 bits per heavy atom. The Balaban J connectivity index is 2.13. The Hall–Kier alpha value is -4.53. The minimum Gasteiger partial charge on any atom is -0.507 e. The third-order valence-electron chi connectivity index (χ3n) is 9.29. The van der Waals surface area contributed by atoms with Gasteiger partial charge in [0.05, 0.1) is 18.8 Å². The van der Waals surface area contributed by atoms with Crippen molar-refractivity contribution >= 4 is 0 Å². The normalized spacial score (nSPS) is 12.8. The van der Waals surface area contributed by atoms with Crippen molar-refractivity contribution in [2.75, 3.05) is 0 Å². The number of aromatic nitrogens is 3. The summed E-state index contributed by atoms with van der Waals surface area (Å²) >= 11 is 0. The molecule has 9 nitrogen and oxygen atoms in total. The molecule has 1 aromatic heterocycles. The predicted octanol–water partition coefficient (Wildman–Crippen LogP) is 7.18. The summed E-state index contributed by atoms with van der Waals surface area (Å²) in [6.45, 7) is 26.7. The van der Waals surface area contributed by atoms with Gasteiger partial charge in [0.15, 0.2) is 0 Å². The van der Waals surface area contributed by atoms with E-state index in [9.17, 15) is 29.7 Å². The van der Waals surface area contributed by atoms with Gasteiger partial charge >= 0.3 is 17.1 Å². The minimum absolute atomic E-state index is 0.0963. The van der Waals surface area contributed by atoms with Gasteiger partial charge in [-0.05, 0) is 93.2 Å². The lowest BCUT2D eigenvalue weighted by atomic mass is 9.79. The van der Waals surface area contributed by atoms with Crippen molar-refractivity contribution in [1.82, 2.24) is 13.7 Å². The number of rotatable bonds is 5. The number of benzene rings is 3. The van der Waals surface area contributed by atoms with Crippen LogP contribution in [-0.4, -0.2) is 29.0 Å². The molecule has 0 bridgehead atoms. The molecule has 0 aliphatic heterocycles. The molecule has 0 radical (unpaired) electrons. The van der Waals surface area contributed by atoms with Gasteiger partial charge in [-0.15, -0.1) is 0 Å². The van der Waals surface area contributed by atoms with E-state index in [1.807, 2.05) is 83.1 Å². The third-order valence-corrected chi connectivity index (χ3v) is 9.29. The van der Waals surface area contributed by atoms with Gasteiger partial charge in [0.2, 0.25) is 0 Å². The maximum atomic E-state index is 14.5. The van der Waals surface area contributed by atoms with Crippen LogP contribution in [0, 0.1) is 13.8 Å². The number of nitrogens with zero attached hydrogens (tertiary/aromatic N) is 3. The van der Waals surface area contributed by atoms with E-state index in [2.05, 4.69) is 0 Å². The van der Waals surface area contributed by atoms with Gasteiger partial charge in [-0.2, -0.15) is 0 Å². The first-order chi connectivity index (χ1) is 22.6. The molecule has 3 aromatic carbocycles. The van der Waals surface area contributed by atoms with Gasteiger partial charge in [-0.3, -0.25) is 0 Å². The van der Waals surface area contributed by atoms with E-state index in [-0.39, 0.29) is 36.0 Å². The van der Waals surface area contributed by atoms with Crippen molar-refractivity contribution in [2.45, 2.75) is 132 Å². The lowest BCUT2D eigenvalue weighted by Gasteiger charge is -2.28. The Morgan fingerprint density at radius 2 is 0.760 bits per heavy atom. The van der Waals surface area contributed by atoms with Gasteiger partial charge in [-0.25, -0.2) is 28.1 Å². The molecule has 9 heteroatoms. The quantitative estimate of drug-likeness (QED) is 0.204. The first kappa shape index (κ1) is 38.3. The maximum Gasteiger partial charge on any atom is 0.341 e. The number of hydrogen-bond acceptors (Lipinski definition) is 6. The van der Waals surface area contributed by atoms with Crippen LogP contribution < -0.4 is 17.1 Å². The third kappa shape index (κ3) is 7.32. The summed E-state index contributed by atoms with van der Waals surface area (Å²) in [5, 5.41) is 33.2. The molecule has 270 valence electrons. The van der Waals surface area contributed by atoms with Crippen LogP contribution in [0.25, 0.3) is 5.69 Å². The van der Waals surface area contributed by atoms with E-state index < -0.39 is 38.7 Å². The van der Waals surface area contributed by atoms with E-state index in [4.69, 9.17) is 0 Å². The largest absolute Gasteiger partial charge is 0.507 e. The van der Waals surface area contributed by atoms with Crippen LogP contribution in [0.15, 0.2) is 50.8 Å². The average molecular weight is 686 g/mol. The highest BCUT2D eigenvalue weighted by Crippen LogP contribution is 2.40. The van der Waals surface area contributed by atoms with Crippen molar-refractivity contribution in [2.24, 2.45) is 0 Å². The lowest BCUT2D eigenvalue weighted by Crippen LogP contribution is -2.54. The molecule has 0 saturated heterocycles. The van der Waals surface area contributed by atoms with Crippen molar-refractivity contribution in [1.29, 1.82) is 0 Å². The molecular formula is C41H55N3O6. The summed E-state index contributed by atoms with van der Waals surface area (Å²) in [6.07, 6.45) is 0. The Kier molecular flexibility index (Phi) is 9.69. The minimum atomic E-state index is -0.818. The molecule has 0 unspecified atom stereocenters. The summed E-state index contributed by atoms with van der Waals surface area (Å²) in [4.78, 5) is 43.4. The average Bonchev–Trinajstić information content (AvgIpc) is 2.95. The predicted molar refractivity (Wildman–Crippen MR) is 201 cm³/mol. The SMILES string of the molecule is Cc1cc(Cn2c(=O)n(Cc3cc(C)c(O)c(C(C)(C)C)c3)c(=O)n(-c3cc(C(C)(C)C)c(O)c(C(C)(C)C)c3)c2=O)cc(C(C)(C)C)c1O.